The zero-order chi connectivity index (χ0) is 15.2. The molecule has 4 heteroatoms. The van der Waals surface area contributed by atoms with Crippen LogP contribution in [-0.4, -0.2) is 53.6 Å². The molecule has 1 aromatic rings. The molecule has 21 heavy (non-hydrogen) atoms. The molecule has 1 unspecified atom stereocenters. The number of benzene rings is 1. The molecule has 1 aliphatic rings. The maximum Gasteiger partial charge on any atom is 0.328 e. The molecular weight excluding hydrogens is 264 g/mol. The van der Waals surface area contributed by atoms with Gasteiger partial charge in [0.1, 0.15) is 0 Å². The lowest BCUT2D eigenvalue weighted by Crippen LogP contribution is -2.37. The fourth-order valence-corrected chi connectivity index (χ4v) is 2.79. The molecule has 0 spiro atoms. The van der Waals surface area contributed by atoms with Crippen LogP contribution in [0.1, 0.15) is 24.5 Å². The van der Waals surface area contributed by atoms with Gasteiger partial charge in [0.2, 0.25) is 0 Å². The van der Waals surface area contributed by atoms with Gasteiger partial charge in [-0.25, -0.2) is 4.79 Å². The second kappa shape index (κ2) is 7.38. The van der Waals surface area contributed by atoms with Crippen LogP contribution in [0.3, 0.4) is 0 Å². The first-order chi connectivity index (χ1) is 10.0. The number of carbonyl (C=O) groups is 1. The van der Waals surface area contributed by atoms with Crippen LogP contribution in [0.5, 0.6) is 0 Å². The van der Waals surface area contributed by atoms with Gasteiger partial charge < -0.3 is 10.0 Å². The zero-order valence-electron chi connectivity index (χ0n) is 12.8. The van der Waals surface area contributed by atoms with E-state index >= 15 is 0 Å². The van der Waals surface area contributed by atoms with Crippen LogP contribution in [0, 0.1) is 0 Å². The summed E-state index contributed by atoms with van der Waals surface area (Å²) >= 11 is 0. The van der Waals surface area contributed by atoms with E-state index in [0.29, 0.717) is 6.04 Å². The Morgan fingerprint density at radius 3 is 2.71 bits per heavy atom. The van der Waals surface area contributed by atoms with Gasteiger partial charge in [-0.2, -0.15) is 0 Å². The highest BCUT2D eigenvalue weighted by Crippen LogP contribution is 2.14. The van der Waals surface area contributed by atoms with Gasteiger partial charge in [0.25, 0.3) is 0 Å². The molecule has 1 atom stereocenters. The maximum atomic E-state index is 10.5. The lowest BCUT2D eigenvalue weighted by atomic mass is 10.1. The lowest BCUT2D eigenvalue weighted by molar-refractivity contribution is -0.131. The molecule has 0 amide bonds. The fraction of sp³-hybridized carbons (Fsp3) is 0.471. The van der Waals surface area contributed by atoms with Crippen LogP contribution in [0.2, 0.25) is 0 Å². The van der Waals surface area contributed by atoms with Crippen molar-refractivity contribution in [3.05, 3.63) is 41.5 Å². The van der Waals surface area contributed by atoms with Crippen molar-refractivity contribution < 1.29 is 9.90 Å². The van der Waals surface area contributed by atoms with Crippen molar-refractivity contribution in [2.24, 2.45) is 0 Å². The van der Waals surface area contributed by atoms with Crippen molar-refractivity contribution >= 4 is 12.0 Å². The van der Waals surface area contributed by atoms with Gasteiger partial charge >= 0.3 is 5.97 Å². The summed E-state index contributed by atoms with van der Waals surface area (Å²) in [5.74, 6) is -0.915. The Labute approximate surface area is 126 Å². The number of hydrogen-bond acceptors (Lipinski definition) is 3. The first-order valence-corrected chi connectivity index (χ1v) is 7.47. The number of carboxylic acids is 1. The Kier molecular flexibility index (Phi) is 5.53. The largest absolute Gasteiger partial charge is 0.478 e. The molecule has 0 bridgehead atoms. The van der Waals surface area contributed by atoms with Gasteiger partial charge in [-0.15, -0.1) is 0 Å². The third-order valence-electron chi connectivity index (χ3n) is 3.97. The summed E-state index contributed by atoms with van der Waals surface area (Å²) in [4.78, 5) is 15.4. The SMILES string of the molecule is CC1CN(C)CCCN1Cc1ccc(/C=C/C(=O)O)cc1. The summed E-state index contributed by atoms with van der Waals surface area (Å²) in [5, 5.41) is 8.63. The van der Waals surface area contributed by atoms with Crippen LogP contribution in [0.25, 0.3) is 6.08 Å². The first-order valence-electron chi connectivity index (χ1n) is 7.47. The average Bonchev–Trinajstić information content (AvgIpc) is 2.59. The molecule has 1 fully saturated rings. The minimum Gasteiger partial charge on any atom is -0.478 e. The van der Waals surface area contributed by atoms with E-state index in [1.807, 2.05) is 12.1 Å². The lowest BCUT2D eigenvalue weighted by Gasteiger charge is -2.27. The highest BCUT2D eigenvalue weighted by Gasteiger charge is 2.19. The van der Waals surface area contributed by atoms with E-state index in [4.69, 9.17) is 5.11 Å². The maximum absolute atomic E-state index is 10.5. The number of aliphatic carboxylic acids is 1. The van der Waals surface area contributed by atoms with E-state index in [2.05, 4.69) is 35.9 Å². The van der Waals surface area contributed by atoms with E-state index in [0.717, 1.165) is 25.2 Å². The Bertz CT molecular complexity index is 496. The Morgan fingerprint density at radius 2 is 2.05 bits per heavy atom. The molecule has 0 aliphatic carbocycles. The highest BCUT2D eigenvalue weighted by molar-refractivity contribution is 5.85. The molecule has 1 saturated heterocycles. The Hall–Kier alpha value is -1.65. The van der Waals surface area contributed by atoms with E-state index in [1.165, 1.54) is 24.6 Å². The molecule has 1 N–H and O–H groups in total. The van der Waals surface area contributed by atoms with Gasteiger partial charge in [0.05, 0.1) is 0 Å². The molecular formula is C17H24N2O2. The first kappa shape index (κ1) is 15.7. The van der Waals surface area contributed by atoms with E-state index < -0.39 is 5.97 Å². The predicted octanol–water partition coefficient (Wildman–Crippen LogP) is 2.31. The van der Waals surface area contributed by atoms with Crippen molar-refractivity contribution in [1.82, 2.24) is 9.80 Å². The highest BCUT2D eigenvalue weighted by atomic mass is 16.4. The molecule has 114 valence electrons. The van der Waals surface area contributed by atoms with Crippen LogP contribution >= 0.6 is 0 Å². The minimum atomic E-state index is -0.915. The van der Waals surface area contributed by atoms with E-state index in [-0.39, 0.29) is 0 Å². The summed E-state index contributed by atoms with van der Waals surface area (Å²) in [5.41, 5.74) is 2.20. The molecule has 1 aliphatic heterocycles. The average molecular weight is 288 g/mol. The van der Waals surface area contributed by atoms with Gasteiger partial charge in [-0.1, -0.05) is 24.3 Å². The minimum absolute atomic E-state index is 0.559. The standard InChI is InChI=1S/C17H24N2O2/c1-14-12-18(2)10-3-11-19(14)13-16-6-4-15(5-7-16)8-9-17(20)21/h4-9,14H,3,10-13H2,1-2H3,(H,20,21)/b9-8+. The summed E-state index contributed by atoms with van der Waals surface area (Å²) < 4.78 is 0. The van der Waals surface area contributed by atoms with E-state index in [9.17, 15) is 4.79 Å². The summed E-state index contributed by atoms with van der Waals surface area (Å²) in [6.07, 6.45) is 4.00. The Balaban J connectivity index is 1.97. The Morgan fingerprint density at radius 1 is 1.33 bits per heavy atom. The zero-order valence-corrected chi connectivity index (χ0v) is 12.8. The molecule has 2 rings (SSSR count). The number of hydrogen-bond donors (Lipinski definition) is 1. The van der Waals surface area contributed by atoms with E-state index in [1.54, 1.807) is 6.08 Å². The fourth-order valence-electron chi connectivity index (χ4n) is 2.79. The molecule has 1 heterocycles. The summed E-state index contributed by atoms with van der Waals surface area (Å²) in [6.45, 7) is 6.65. The van der Waals surface area contributed by atoms with Crippen molar-refractivity contribution in [3.8, 4) is 0 Å². The number of likely N-dealkylation sites (N-methyl/N-ethyl adjacent to an activating group) is 1. The number of carboxylic acid groups (broad SMARTS) is 1. The summed E-state index contributed by atoms with van der Waals surface area (Å²) in [7, 11) is 2.18. The molecule has 4 nitrogen and oxygen atoms in total. The quantitative estimate of drug-likeness (QED) is 0.864. The molecule has 0 saturated carbocycles. The molecule has 0 aromatic heterocycles. The van der Waals surface area contributed by atoms with Gasteiger partial charge in [-0.3, -0.25) is 4.90 Å². The second-order valence-corrected chi connectivity index (χ2v) is 5.85. The summed E-state index contributed by atoms with van der Waals surface area (Å²) in [6, 6.07) is 8.68. The van der Waals surface area contributed by atoms with Gasteiger partial charge in [0.15, 0.2) is 0 Å². The third kappa shape index (κ3) is 4.99. The topological polar surface area (TPSA) is 43.8 Å². The van der Waals surface area contributed by atoms with Crippen molar-refractivity contribution in [2.75, 3.05) is 26.7 Å². The smallest absolute Gasteiger partial charge is 0.328 e. The van der Waals surface area contributed by atoms with Crippen molar-refractivity contribution in [2.45, 2.75) is 25.9 Å². The van der Waals surface area contributed by atoms with Crippen LogP contribution in [0.4, 0.5) is 0 Å². The second-order valence-electron chi connectivity index (χ2n) is 5.85. The van der Waals surface area contributed by atoms with Gasteiger partial charge in [-0.05, 0) is 44.1 Å². The third-order valence-corrected chi connectivity index (χ3v) is 3.97. The molecule has 0 radical (unpaired) electrons. The number of nitrogens with zero attached hydrogens (tertiary/aromatic N) is 2. The van der Waals surface area contributed by atoms with Crippen LogP contribution in [-0.2, 0) is 11.3 Å². The van der Waals surface area contributed by atoms with Gasteiger partial charge in [0, 0.05) is 31.8 Å². The van der Waals surface area contributed by atoms with Crippen LogP contribution < -0.4 is 0 Å². The normalized spacial score (nSPS) is 21.5. The van der Waals surface area contributed by atoms with Crippen LogP contribution in [0.15, 0.2) is 30.3 Å². The van der Waals surface area contributed by atoms with Crippen molar-refractivity contribution in [1.29, 1.82) is 0 Å². The predicted molar refractivity (Wildman–Crippen MR) is 85.1 cm³/mol. The van der Waals surface area contributed by atoms with Crippen molar-refractivity contribution in [3.63, 3.8) is 0 Å². The number of rotatable bonds is 4. The molecule has 1 aromatic carbocycles. The monoisotopic (exact) mass is 288 g/mol.